The monoisotopic (exact) mass is 804 g/mol. The van der Waals surface area contributed by atoms with E-state index < -0.39 is 0 Å². The summed E-state index contributed by atoms with van der Waals surface area (Å²) in [5.74, 6) is 0. The van der Waals surface area contributed by atoms with Gasteiger partial charge in [-0.05, 0) is 76.9 Å². The van der Waals surface area contributed by atoms with Crippen molar-refractivity contribution in [3.63, 3.8) is 0 Å². The summed E-state index contributed by atoms with van der Waals surface area (Å²) in [5.41, 5.74) is 17.6. The molecule has 3 nitrogen and oxygen atoms in total. The maximum atomic E-state index is 6.63. The lowest BCUT2D eigenvalue weighted by Gasteiger charge is -2.30. The van der Waals surface area contributed by atoms with Crippen LogP contribution in [-0.4, -0.2) is 4.57 Å². The average Bonchev–Trinajstić information content (AvgIpc) is 3.91. The summed E-state index contributed by atoms with van der Waals surface area (Å²) < 4.78 is 9.04. The first-order valence-corrected chi connectivity index (χ1v) is 21.5. The van der Waals surface area contributed by atoms with Gasteiger partial charge in [-0.2, -0.15) is 0 Å². The highest BCUT2D eigenvalue weighted by molar-refractivity contribution is 6.12. The molecule has 0 fully saturated rings. The fourth-order valence-electron chi connectivity index (χ4n) is 9.56. The van der Waals surface area contributed by atoms with Gasteiger partial charge in [0.25, 0.3) is 0 Å². The Morgan fingerprint density at radius 3 is 1.60 bits per heavy atom. The molecule has 2 aromatic heterocycles. The third kappa shape index (κ3) is 6.21. The molecule has 296 valence electrons. The van der Waals surface area contributed by atoms with Crippen LogP contribution in [0.25, 0.3) is 93.9 Å². The van der Waals surface area contributed by atoms with Gasteiger partial charge in [0.05, 0.1) is 28.1 Å². The first-order chi connectivity index (χ1) is 31.3. The van der Waals surface area contributed by atoms with Crippen molar-refractivity contribution >= 4 is 60.8 Å². The zero-order chi connectivity index (χ0) is 41.7. The number of benzene rings is 10. The van der Waals surface area contributed by atoms with Crippen LogP contribution in [0.2, 0.25) is 0 Å². The Hall–Kier alpha value is -8.40. The molecule has 2 heterocycles. The lowest BCUT2D eigenvalue weighted by atomic mass is 9.96. The molecule has 0 N–H and O–H groups in total. The summed E-state index contributed by atoms with van der Waals surface area (Å²) in [4.78, 5) is 2.40. The van der Waals surface area contributed by atoms with Crippen LogP contribution in [0, 0.1) is 0 Å². The van der Waals surface area contributed by atoms with Gasteiger partial charge in [-0.1, -0.05) is 188 Å². The number of hydrogen-bond donors (Lipinski definition) is 0. The van der Waals surface area contributed by atoms with Crippen LogP contribution in [-0.2, 0) is 0 Å². The lowest BCUT2D eigenvalue weighted by molar-refractivity contribution is 0.670. The first-order valence-electron chi connectivity index (χ1n) is 21.5. The topological polar surface area (TPSA) is 21.3 Å². The summed E-state index contributed by atoms with van der Waals surface area (Å²) in [5, 5.41) is 4.74. The third-order valence-corrected chi connectivity index (χ3v) is 12.4. The number of fused-ring (bicyclic) bond motifs is 6. The second-order valence-electron chi connectivity index (χ2n) is 16.0. The average molecular weight is 805 g/mol. The molecule has 0 spiro atoms. The quantitative estimate of drug-likeness (QED) is 0.153. The molecule has 3 heteroatoms. The summed E-state index contributed by atoms with van der Waals surface area (Å²) in [6.07, 6.45) is 0. The molecule has 0 aliphatic heterocycles. The Bertz CT molecular complexity index is 3580. The molecule has 10 aromatic carbocycles. The van der Waals surface area contributed by atoms with Crippen molar-refractivity contribution in [3.05, 3.63) is 243 Å². The van der Waals surface area contributed by atoms with E-state index in [1.54, 1.807) is 0 Å². The van der Waals surface area contributed by atoms with E-state index in [0.29, 0.717) is 0 Å². The van der Waals surface area contributed by atoms with Gasteiger partial charge in [-0.15, -0.1) is 0 Å². The molecule has 0 aliphatic carbocycles. The van der Waals surface area contributed by atoms with Crippen LogP contribution >= 0.6 is 0 Å². The second-order valence-corrected chi connectivity index (χ2v) is 16.0. The molecule has 63 heavy (non-hydrogen) atoms. The smallest absolute Gasteiger partial charge is 0.143 e. The molecule has 0 amide bonds. The zero-order valence-electron chi connectivity index (χ0n) is 34.4. The van der Waals surface area contributed by atoms with Crippen LogP contribution in [0.4, 0.5) is 17.1 Å². The second kappa shape index (κ2) is 15.3. The fourth-order valence-corrected chi connectivity index (χ4v) is 9.56. The van der Waals surface area contributed by atoms with Crippen molar-refractivity contribution in [2.24, 2.45) is 0 Å². The number of furan rings is 1. The molecule has 0 radical (unpaired) electrons. The van der Waals surface area contributed by atoms with Gasteiger partial charge in [-0.3, -0.25) is 0 Å². The number of hydrogen-bond acceptors (Lipinski definition) is 2. The Balaban J connectivity index is 0.988. The van der Waals surface area contributed by atoms with E-state index in [0.717, 1.165) is 78.1 Å². The van der Waals surface area contributed by atoms with E-state index in [9.17, 15) is 0 Å². The normalized spacial score (nSPS) is 11.5. The van der Waals surface area contributed by atoms with Crippen LogP contribution in [0.3, 0.4) is 0 Å². The van der Waals surface area contributed by atoms with Gasteiger partial charge in [0.2, 0.25) is 0 Å². The lowest BCUT2D eigenvalue weighted by Crippen LogP contribution is -2.12. The van der Waals surface area contributed by atoms with Crippen molar-refractivity contribution in [2.45, 2.75) is 0 Å². The number of para-hydroxylation sites is 7. The highest BCUT2D eigenvalue weighted by atomic mass is 16.3. The third-order valence-electron chi connectivity index (χ3n) is 12.4. The maximum absolute atomic E-state index is 6.63. The molecular formula is C60H40N2O. The van der Waals surface area contributed by atoms with Crippen molar-refractivity contribution in [1.29, 1.82) is 0 Å². The highest BCUT2D eigenvalue weighted by Crippen LogP contribution is 2.47. The predicted octanol–water partition coefficient (Wildman–Crippen LogP) is 16.8. The molecular weight excluding hydrogens is 765 g/mol. The minimum atomic E-state index is 0.886. The summed E-state index contributed by atoms with van der Waals surface area (Å²) in [6.45, 7) is 0. The summed E-state index contributed by atoms with van der Waals surface area (Å²) in [6, 6.07) is 87.0. The Kier molecular flexibility index (Phi) is 8.83. The van der Waals surface area contributed by atoms with Crippen LogP contribution in [0.5, 0.6) is 0 Å². The minimum absolute atomic E-state index is 0.886. The fraction of sp³-hybridized carbons (Fsp3) is 0. The Labute approximate surface area is 366 Å². The van der Waals surface area contributed by atoms with Crippen LogP contribution in [0.15, 0.2) is 247 Å². The van der Waals surface area contributed by atoms with Gasteiger partial charge < -0.3 is 13.9 Å². The van der Waals surface area contributed by atoms with Gasteiger partial charge in [-0.25, -0.2) is 0 Å². The van der Waals surface area contributed by atoms with E-state index in [1.807, 2.05) is 6.07 Å². The molecule has 12 rings (SSSR count). The number of nitrogens with zero attached hydrogens (tertiary/aromatic N) is 2. The van der Waals surface area contributed by atoms with Crippen LogP contribution < -0.4 is 4.90 Å². The molecule has 0 aliphatic rings. The largest absolute Gasteiger partial charge is 0.455 e. The first kappa shape index (κ1) is 36.5. The molecule has 0 saturated carbocycles. The maximum Gasteiger partial charge on any atom is 0.143 e. The number of anilines is 3. The van der Waals surface area contributed by atoms with Gasteiger partial charge in [0.1, 0.15) is 11.2 Å². The number of aromatic nitrogens is 1. The van der Waals surface area contributed by atoms with E-state index in [-0.39, 0.29) is 0 Å². The molecule has 0 atom stereocenters. The van der Waals surface area contributed by atoms with E-state index in [1.165, 1.54) is 32.9 Å². The van der Waals surface area contributed by atoms with Gasteiger partial charge in [0, 0.05) is 49.5 Å². The summed E-state index contributed by atoms with van der Waals surface area (Å²) >= 11 is 0. The molecule has 12 aromatic rings. The summed E-state index contributed by atoms with van der Waals surface area (Å²) in [7, 11) is 0. The Morgan fingerprint density at radius 2 is 0.841 bits per heavy atom. The van der Waals surface area contributed by atoms with Crippen molar-refractivity contribution in [1.82, 2.24) is 4.57 Å². The zero-order valence-corrected chi connectivity index (χ0v) is 34.4. The van der Waals surface area contributed by atoms with Crippen LogP contribution in [0.1, 0.15) is 0 Å². The van der Waals surface area contributed by atoms with Crippen molar-refractivity contribution in [3.8, 4) is 50.2 Å². The number of rotatable bonds is 8. The predicted molar refractivity (Wildman–Crippen MR) is 264 cm³/mol. The Morgan fingerprint density at radius 1 is 0.317 bits per heavy atom. The molecule has 0 saturated heterocycles. The van der Waals surface area contributed by atoms with E-state index >= 15 is 0 Å². The van der Waals surface area contributed by atoms with Gasteiger partial charge in [0.15, 0.2) is 0 Å². The van der Waals surface area contributed by atoms with Crippen molar-refractivity contribution in [2.75, 3.05) is 4.90 Å². The standard InChI is InChI=1S/C60H40N2O/c1-2-18-42(19-3-1)46-22-4-10-30-54(46)61(56-32-12-8-26-50(56)52-28-17-29-53-51-27-9-15-35-59(51)63-60(52)53)45-38-36-41(37-39-45)43-20-16-21-44(40-43)47-23-5-11-31-55(47)62-57-33-13-6-24-48(57)49-25-7-14-34-58(49)62/h1-40H. The highest BCUT2D eigenvalue weighted by Gasteiger charge is 2.23. The SMILES string of the molecule is c1ccc(-c2ccccc2N(c2ccc(-c3cccc(-c4ccccc4-n4c5ccccc5c5ccccc54)c3)cc2)c2ccccc2-c2cccc3c2oc2ccccc23)cc1. The van der Waals surface area contributed by atoms with E-state index in [2.05, 4.69) is 246 Å². The van der Waals surface area contributed by atoms with Crippen molar-refractivity contribution < 1.29 is 4.42 Å². The van der Waals surface area contributed by atoms with E-state index in [4.69, 9.17) is 4.42 Å². The molecule has 0 unspecified atom stereocenters. The minimum Gasteiger partial charge on any atom is -0.455 e. The molecule has 0 bridgehead atoms. The van der Waals surface area contributed by atoms with Gasteiger partial charge >= 0.3 is 0 Å².